The van der Waals surface area contributed by atoms with Crippen molar-refractivity contribution in [1.82, 2.24) is 20.1 Å². The first-order valence-electron chi connectivity index (χ1n) is 17.4. The first kappa shape index (κ1) is 35.2. The van der Waals surface area contributed by atoms with Crippen molar-refractivity contribution < 1.29 is 30.1 Å². The molecule has 0 saturated carbocycles. The van der Waals surface area contributed by atoms with Crippen LogP contribution in [0.25, 0.3) is 10.9 Å². The number of amides is 3. The van der Waals surface area contributed by atoms with Gasteiger partial charge in [0, 0.05) is 43.8 Å². The number of benzene rings is 1. The number of nitrogens with zero attached hydrogens (tertiary/aromatic N) is 2. The maximum atomic E-state index is 14.1. The Morgan fingerprint density at radius 1 is 1.11 bits per heavy atom. The molecule has 3 amide bonds. The first-order chi connectivity index (χ1) is 22.4. The summed E-state index contributed by atoms with van der Waals surface area (Å²) in [6, 6.07) is 5.31. The first-order valence-corrected chi connectivity index (χ1v) is 16.7. The lowest BCUT2D eigenvalue weighted by Gasteiger charge is -2.41. The molecule has 10 heteroatoms. The fourth-order valence-electron chi connectivity index (χ4n) is 6.55. The van der Waals surface area contributed by atoms with E-state index < -0.39 is 35.9 Å². The van der Waals surface area contributed by atoms with Crippen LogP contribution in [0.15, 0.2) is 30.5 Å². The van der Waals surface area contributed by atoms with E-state index in [2.05, 4.69) is 10.6 Å². The van der Waals surface area contributed by atoms with Gasteiger partial charge in [-0.1, -0.05) is 65.7 Å². The smallest absolute Gasteiger partial charge is 0.418 e. The SMILES string of the molecule is [2H]C[C@@H]1CCC[C@H](CC)N1C(=O)C[C@@H](CC(C)(C)C)C(=O)N[C@H](Cc1cn(C(=O)OC)c2ccccc12)C(=O)N[C@@H](C=O)CCCC. The minimum absolute atomic E-state index is 0.0282. The van der Waals surface area contributed by atoms with Crippen LogP contribution in [-0.2, 0) is 30.3 Å². The highest BCUT2D eigenvalue weighted by molar-refractivity contribution is 5.94. The van der Waals surface area contributed by atoms with Gasteiger partial charge >= 0.3 is 6.09 Å². The second kappa shape index (κ2) is 16.7. The highest BCUT2D eigenvalue weighted by Crippen LogP contribution is 2.31. The maximum Gasteiger partial charge on any atom is 0.418 e. The monoisotopic (exact) mass is 639 g/mol. The summed E-state index contributed by atoms with van der Waals surface area (Å²) in [5.41, 5.74) is 0.946. The van der Waals surface area contributed by atoms with E-state index in [-0.39, 0.29) is 43.1 Å². The number of aldehydes is 1. The lowest BCUT2D eigenvalue weighted by molar-refractivity contribution is -0.142. The fraction of sp³-hybridized carbons (Fsp3) is 0.639. The Morgan fingerprint density at radius 3 is 2.48 bits per heavy atom. The number of likely N-dealkylation sites (tertiary alicyclic amines) is 1. The van der Waals surface area contributed by atoms with Crippen molar-refractivity contribution in [2.75, 3.05) is 7.11 Å². The Morgan fingerprint density at radius 2 is 1.85 bits per heavy atom. The minimum atomic E-state index is -1.08. The van der Waals surface area contributed by atoms with Crippen LogP contribution in [0.4, 0.5) is 4.79 Å². The quantitative estimate of drug-likeness (QED) is 0.253. The molecule has 2 heterocycles. The molecule has 1 aromatic heterocycles. The average Bonchev–Trinajstić information content (AvgIpc) is 3.42. The van der Waals surface area contributed by atoms with E-state index in [1.165, 1.54) is 11.7 Å². The number of ether oxygens (including phenoxy) is 1. The van der Waals surface area contributed by atoms with Gasteiger partial charge in [-0.05, 0) is 62.5 Å². The molecule has 1 aliphatic rings. The number of hydrogen-bond donors (Lipinski definition) is 2. The Labute approximate surface area is 275 Å². The molecule has 0 aliphatic carbocycles. The van der Waals surface area contributed by atoms with E-state index in [0.29, 0.717) is 30.2 Å². The summed E-state index contributed by atoms with van der Waals surface area (Å²) in [7, 11) is 1.29. The van der Waals surface area contributed by atoms with Gasteiger partial charge in [-0.15, -0.1) is 0 Å². The molecule has 5 atom stereocenters. The van der Waals surface area contributed by atoms with Crippen molar-refractivity contribution in [3.63, 3.8) is 0 Å². The van der Waals surface area contributed by atoms with Crippen molar-refractivity contribution >= 4 is 41.0 Å². The highest BCUT2D eigenvalue weighted by Gasteiger charge is 2.36. The number of piperidine rings is 1. The predicted octanol–water partition coefficient (Wildman–Crippen LogP) is 5.78. The second-order valence-corrected chi connectivity index (χ2v) is 13.8. The Bertz CT molecular complexity index is 1370. The molecule has 254 valence electrons. The second-order valence-electron chi connectivity index (χ2n) is 13.8. The van der Waals surface area contributed by atoms with Crippen molar-refractivity contribution in [2.45, 2.75) is 130 Å². The zero-order valence-electron chi connectivity index (χ0n) is 29.5. The molecule has 1 saturated heterocycles. The lowest BCUT2D eigenvalue weighted by atomic mass is 9.82. The van der Waals surface area contributed by atoms with Crippen LogP contribution in [0.3, 0.4) is 0 Å². The number of para-hydroxylation sites is 1. The Kier molecular flexibility index (Phi) is 12.8. The molecule has 3 rings (SSSR count). The fourth-order valence-corrected chi connectivity index (χ4v) is 6.55. The van der Waals surface area contributed by atoms with Crippen molar-refractivity contribution in [3.05, 3.63) is 36.0 Å². The van der Waals surface area contributed by atoms with Crippen LogP contribution in [0.1, 0.15) is 106 Å². The van der Waals surface area contributed by atoms with E-state index in [1.54, 1.807) is 18.3 Å². The number of carbonyl (C=O) groups excluding carboxylic acids is 5. The molecule has 1 fully saturated rings. The van der Waals surface area contributed by atoms with E-state index in [9.17, 15) is 24.0 Å². The van der Waals surface area contributed by atoms with Crippen LogP contribution >= 0.6 is 0 Å². The minimum Gasteiger partial charge on any atom is -0.452 e. The molecule has 0 radical (unpaired) electrons. The summed E-state index contributed by atoms with van der Waals surface area (Å²) >= 11 is 0. The summed E-state index contributed by atoms with van der Waals surface area (Å²) in [5, 5.41) is 6.48. The summed E-state index contributed by atoms with van der Waals surface area (Å²) in [4.78, 5) is 68.1. The number of methoxy groups -OCH3 is 1. The van der Waals surface area contributed by atoms with Crippen LogP contribution in [-0.4, -0.2) is 70.8 Å². The van der Waals surface area contributed by atoms with E-state index in [0.717, 1.165) is 43.9 Å². The molecule has 2 aromatic rings. The third-order valence-electron chi connectivity index (χ3n) is 8.85. The summed E-state index contributed by atoms with van der Waals surface area (Å²) in [6.45, 7) is 10.2. The summed E-state index contributed by atoms with van der Waals surface area (Å²) in [6.07, 6.45) is 7.65. The zero-order valence-corrected chi connectivity index (χ0v) is 28.5. The van der Waals surface area contributed by atoms with Crippen molar-refractivity contribution in [1.29, 1.82) is 0 Å². The largest absolute Gasteiger partial charge is 0.452 e. The Balaban J connectivity index is 1.96. The molecule has 2 N–H and O–H groups in total. The van der Waals surface area contributed by atoms with Gasteiger partial charge in [-0.25, -0.2) is 4.79 Å². The highest BCUT2D eigenvalue weighted by atomic mass is 16.5. The van der Waals surface area contributed by atoms with E-state index in [1.807, 2.05) is 51.7 Å². The maximum absolute atomic E-state index is 14.1. The third kappa shape index (κ3) is 9.66. The van der Waals surface area contributed by atoms with Gasteiger partial charge in [0.15, 0.2) is 0 Å². The third-order valence-corrected chi connectivity index (χ3v) is 8.85. The molecular formula is C36H54N4O6. The van der Waals surface area contributed by atoms with E-state index in [4.69, 9.17) is 6.11 Å². The van der Waals surface area contributed by atoms with Crippen molar-refractivity contribution in [3.8, 4) is 0 Å². The number of carbonyl (C=O) groups is 5. The van der Waals surface area contributed by atoms with Crippen LogP contribution < -0.4 is 10.6 Å². The molecule has 10 nitrogen and oxygen atoms in total. The van der Waals surface area contributed by atoms with Gasteiger partial charge in [-0.2, -0.15) is 0 Å². The molecule has 1 aliphatic heterocycles. The molecule has 46 heavy (non-hydrogen) atoms. The Hall–Kier alpha value is -3.69. The van der Waals surface area contributed by atoms with Gasteiger partial charge in [0.1, 0.15) is 12.3 Å². The lowest BCUT2D eigenvalue weighted by Crippen LogP contribution is -2.53. The topological polar surface area (TPSA) is 127 Å². The predicted molar refractivity (Wildman–Crippen MR) is 179 cm³/mol. The van der Waals surface area contributed by atoms with Crippen LogP contribution in [0, 0.1) is 11.3 Å². The summed E-state index contributed by atoms with van der Waals surface area (Å²) in [5.74, 6) is -1.80. The average molecular weight is 640 g/mol. The molecule has 0 unspecified atom stereocenters. The number of fused-ring (bicyclic) bond motifs is 1. The summed E-state index contributed by atoms with van der Waals surface area (Å²) < 4.78 is 14.4. The van der Waals surface area contributed by atoms with Gasteiger partial charge in [-0.3, -0.25) is 19.0 Å². The number of aromatic nitrogens is 1. The van der Waals surface area contributed by atoms with Crippen LogP contribution in [0.2, 0.25) is 0 Å². The van der Waals surface area contributed by atoms with Gasteiger partial charge in [0.25, 0.3) is 0 Å². The number of rotatable bonds is 14. The molecule has 0 spiro atoms. The van der Waals surface area contributed by atoms with E-state index >= 15 is 0 Å². The standard InChI is InChI=1S/C36H54N4O6/c1-8-10-15-27(23-41)37-34(44)30(19-26-22-39(35(45)46-7)31-18-12-11-17-29(26)31)38-33(43)25(21-36(4,5)6)20-32(42)40-24(3)14-13-16-28(40)9-2/h11-12,17-18,22-25,27-28,30H,8-10,13-16,19-21H2,1-7H3,(H,37,44)(H,38,43)/t24-,25+,27-,28+,30-/m1/s1/i3D. The number of nitrogens with one attached hydrogen (secondary N) is 2. The van der Waals surface area contributed by atoms with Gasteiger partial charge in [0.05, 0.1) is 18.7 Å². The number of hydrogen-bond acceptors (Lipinski definition) is 6. The normalized spacial score (nSPS) is 19.1. The van der Waals surface area contributed by atoms with Gasteiger partial charge in [0.2, 0.25) is 17.7 Å². The zero-order chi connectivity index (χ0) is 34.7. The molecule has 1 aromatic carbocycles. The van der Waals surface area contributed by atoms with Gasteiger partial charge < -0.3 is 25.1 Å². The molecular weight excluding hydrogens is 584 g/mol. The molecule has 0 bridgehead atoms. The van der Waals surface area contributed by atoms with Crippen LogP contribution in [0.5, 0.6) is 0 Å². The van der Waals surface area contributed by atoms with Crippen molar-refractivity contribution in [2.24, 2.45) is 11.3 Å². The number of unbranched alkanes of at least 4 members (excludes halogenated alkanes) is 1.